The standard InChI is InChI=1S/C30H36N6O8S2/c1-5-6-7-22-11-10-21(14-35(22)4)19-8-9-20-12-18(15-42-24(20)13-19)16-43-34-25(23-17-45-29(31)32-23)27(37)33-26-28(38)36(30(26,2)3)44-46(39,40)41/h8-11,13-14,17-18,26H,5-7,12,15-16H2,1-4H3,(H3-,31,32,33,37,39,40,41)/p+1/b34-25-/t18-,26+/m0/s1. The smallest absolute Gasteiger partial charge is 0.418 e. The molecule has 5 rings (SSSR count). The van der Waals surface area contributed by atoms with Gasteiger partial charge < -0.3 is 20.6 Å². The van der Waals surface area contributed by atoms with E-state index in [0.717, 1.165) is 53.0 Å². The van der Waals surface area contributed by atoms with E-state index in [-0.39, 0.29) is 29.1 Å². The van der Waals surface area contributed by atoms with Crippen molar-refractivity contribution < 1.29 is 41.0 Å². The zero-order valence-corrected chi connectivity index (χ0v) is 27.6. The van der Waals surface area contributed by atoms with Gasteiger partial charge in [-0.2, -0.15) is 13.5 Å². The molecule has 1 saturated heterocycles. The Bertz CT molecular complexity index is 1770. The summed E-state index contributed by atoms with van der Waals surface area (Å²) in [4.78, 5) is 35.5. The maximum absolute atomic E-state index is 13.3. The van der Waals surface area contributed by atoms with Crippen LogP contribution in [0.3, 0.4) is 0 Å². The summed E-state index contributed by atoms with van der Waals surface area (Å²) in [6.07, 6.45) is 6.16. The Hall–Kier alpha value is -4.12. The second kappa shape index (κ2) is 13.3. The van der Waals surface area contributed by atoms with E-state index in [4.69, 9.17) is 19.9 Å². The number of hydrogen-bond donors (Lipinski definition) is 3. The van der Waals surface area contributed by atoms with Crippen LogP contribution in [0.4, 0.5) is 5.13 Å². The monoisotopic (exact) mass is 673 g/mol. The number of carbonyl (C=O) groups excluding carboxylic acids is 2. The first kappa shape index (κ1) is 33.2. The topological polar surface area (TPSA) is 187 Å². The van der Waals surface area contributed by atoms with Gasteiger partial charge in [-0.15, -0.1) is 15.6 Å². The highest BCUT2D eigenvalue weighted by atomic mass is 32.3. The summed E-state index contributed by atoms with van der Waals surface area (Å²) in [7, 11) is -2.88. The van der Waals surface area contributed by atoms with Crippen LogP contribution in [-0.4, -0.2) is 65.3 Å². The van der Waals surface area contributed by atoms with Gasteiger partial charge in [0.1, 0.15) is 31.1 Å². The van der Waals surface area contributed by atoms with Gasteiger partial charge in [0.25, 0.3) is 11.8 Å². The number of aryl methyl sites for hydroxylation is 2. The molecule has 2 aliphatic heterocycles. The minimum absolute atomic E-state index is 0.0548. The lowest BCUT2D eigenvalue weighted by Gasteiger charge is -2.50. The molecule has 0 aliphatic carbocycles. The number of hydroxylamine groups is 2. The third-order valence-electron chi connectivity index (χ3n) is 7.98. The fourth-order valence-corrected chi connectivity index (χ4v) is 6.38. The minimum atomic E-state index is -4.94. The molecule has 4 N–H and O–H groups in total. The fraction of sp³-hybridized carbons (Fsp3) is 0.433. The van der Waals surface area contributed by atoms with Gasteiger partial charge >= 0.3 is 10.4 Å². The average Bonchev–Trinajstić information content (AvgIpc) is 3.44. The predicted molar refractivity (Wildman–Crippen MR) is 169 cm³/mol. The molecule has 2 atom stereocenters. The summed E-state index contributed by atoms with van der Waals surface area (Å²) in [5.74, 6) is -0.922. The minimum Gasteiger partial charge on any atom is -0.493 e. The molecule has 46 heavy (non-hydrogen) atoms. The summed E-state index contributed by atoms with van der Waals surface area (Å²) in [6, 6.07) is 9.30. The van der Waals surface area contributed by atoms with Crippen LogP contribution in [0.25, 0.3) is 11.1 Å². The molecule has 14 nitrogen and oxygen atoms in total. The molecule has 0 unspecified atom stereocenters. The lowest BCUT2D eigenvalue weighted by molar-refractivity contribution is -0.678. The molecule has 1 fully saturated rings. The van der Waals surface area contributed by atoms with Crippen LogP contribution in [0.5, 0.6) is 5.75 Å². The van der Waals surface area contributed by atoms with Crippen molar-refractivity contribution in [2.24, 2.45) is 18.1 Å². The molecule has 16 heteroatoms. The second-order valence-corrected chi connectivity index (χ2v) is 13.7. The zero-order valence-electron chi connectivity index (χ0n) is 25.9. The van der Waals surface area contributed by atoms with E-state index in [1.54, 1.807) is 0 Å². The highest BCUT2D eigenvalue weighted by molar-refractivity contribution is 7.80. The number of rotatable bonds is 12. The molecule has 3 aromatic rings. The van der Waals surface area contributed by atoms with Gasteiger partial charge in [0.2, 0.25) is 0 Å². The maximum atomic E-state index is 13.3. The molecule has 4 heterocycles. The number of aromatic nitrogens is 2. The third-order valence-corrected chi connectivity index (χ3v) is 8.99. The number of thiazole rings is 1. The normalized spacial score (nSPS) is 19.2. The van der Waals surface area contributed by atoms with E-state index in [1.807, 2.05) is 6.07 Å². The van der Waals surface area contributed by atoms with Crippen molar-refractivity contribution in [3.8, 4) is 16.9 Å². The predicted octanol–water partition coefficient (Wildman–Crippen LogP) is 2.37. The molecule has 0 radical (unpaired) electrons. The van der Waals surface area contributed by atoms with E-state index in [9.17, 15) is 18.0 Å². The van der Waals surface area contributed by atoms with E-state index in [0.29, 0.717) is 18.1 Å². The first-order chi connectivity index (χ1) is 21.8. The Balaban J connectivity index is 1.23. The number of unbranched alkanes of at least 4 members (excludes halogenated alkanes) is 1. The van der Waals surface area contributed by atoms with Crippen molar-refractivity contribution in [2.45, 2.75) is 58.0 Å². The van der Waals surface area contributed by atoms with Crippen LogP contribution in [0.1, 0.15) is 50.6 Å². The number of carbonyl (C=O) groups is 2. The number of benzene rings is 1. The number of nitrogens with one attached hydrogen (secondary N) is 1. The number of amides is 2. The molecule has 1 aromatic carbocycles. The largest absolute Gasteiger partial charge is 0.493 e. The van der Waals surface area contributed by atoms with Crippen LogP contribution >= 0.6 is 11.3 Å². The van der Waals surface area contributed by atoms with Crippen molar-refractivity contribution >= 4 is 44.4 Å². The first-order valence-electron chi connectivity index (χ1n) is 14.7. The van der Waals surface area contributed by atoms with E-state index in [2.05, 4.69) is 68.7 Å². The average molecular weight is 674 g/mol. The SMILES string of the molecule is CCCCc1ccc(-c2ccc3c(c2)OC[C@@H](CO/N=C(\C(=O)N[C@@H]2C(=O)N(OS(=O)(=O)O)C2(C)C)c2csc(N)n2)C3)c[n+]1C. The van der Waals surface area contributed by atoms with Crippen molar-refractivity contribution in [2.75, 3.05) is 18.9 Å². The summed E-state index contributed by atoms with van der Waals surface area (Å²) >= 11 is 1.09. The van der Waals surface area contributed by atoms with E-state index in [1.165, 1.54) is 24.9 Å². The number of nitrogens with two attached hydrogens (primary N) is 1. The molecule has 0 bridgehead atoms. The van der Waals surface area contributed by atoms with Gasteiger partial charge in [0, 0.05) is 29.3 Å². The second-order valence-electron chi connectivity index (χ2n) is 11.8. The lowest BCUT2D eigenvalue weighted by atomic mass is 9.84. The third kappa shape index (κ3) is 7.30. The Morgan fingerprint density at radius 2 is 2.07 bits per heavy atom. The van der Waals surface area contributed by atoms with Crippen LogP contribution in [0, 0.1) is 5.92 Å². The number of pyridine rings is 1. The van der Waals surface area contributed by atoms with E-state index < -0.39 is 33.8 Å². The highest BCUT2D eigenvalue weighted by Crippen LogP contribution is 2.34. The summed E-state index contributed by atoms with van der Waals surface area (Å²) in [5, 5.41) is 8.75. The summed E-state index contributed by atoms with van der Waals surface area (Å²) < 4.78 is 43.8. The van der Waals surface area contributed by atoms with Gasteiger partial charge in [0.05, 0.1) is 12.1 Å². The van der Waals surface area contributed by atoms with Gasteiger partial charge in [0.15, 0.2) is 22.7 Å². The van der Waals surface area contributed by atoms with Crippen molar-refractivity contribution in [1.29, 1.82) is 0 Å². The molecule has 246 valence electrons. The summed E-state index contributed by atoms with van der Waals surface area (Å²) in [5.41, 5.74) is 8.88. The lowest BCUT2D eigenvalue weighted by Crippen LogP contribution is -2.76. The summed E-state index contributed by atoms with van der Waals surface area (Å²) in [6.45, 7) is 5.61. The number of nitrogen functional groups attached to an aromatic ring is 1. The Morgan fingerprint density at radius 1 is 1.30 bits per heavy atom. The van der Waals surface area contributed by atoms with Gasteiger partial charge in [-0.05, 0) is 49.9 Å². The quantitative estimate of drug-likeness (QED) is 0.0847. The van der Waals surface area contributed by atoms with Gasteiger partial charge in [-0.25, -0.2) is 9.55 Å². The van der Waals surface area contributed by atoms with Crippen LogP contribution in [-0.2, 0) is 49.0 Å². The van der Waals surface area contributed by atoms with Crippen LogP contribution < -0.4 is 20.4 Å². The van der Waals surface area contributed by atoms with Crippen LogP contribution in [0.2, 0.25) is 0 Å². The Labute approximate surface area is 271 Å². The molecule has 2 aromatic heterocycles. The Morgan fingerprint density at radius 3 is 2.72 bits per heavy atom. The number of hydrogen-bond acceptors (Lipinski definition) is 11. The maximum Gasteiger partial charge on any atom is 0.418 e. The number of β-lactam (4-membered cyclic amide) rings is 1. The molecule has 2 amide bonds. The molecule has 2 aliphatic rings. The zero-order chi connectivity index (χ0) is 33.2. The Kier molecular flexibility index (Phi) is 9.62. The van der Waals surface area contributed by atoms with E-state index >= 15 is 0 Å². The van der Waals surface area contributed by atoms with Crippen molar-refractivity contribution in [3.05, 3.63) is 58.9 Å². The fourth-order valence-electron chi connectivity index (χ4n) is 5.38. The number of fused-ring (bicyclic) bond motifs is 1. The number of oxime groups is 1. The van der Waals surface area contributed by atoms with Gasteiger partial charge in [-0.3, -0.25) is 14.1 Å². The number of ether oxygens (including phenoxy) is 1. The van der Waals surface area contributed by atoms with Gasteiger partial charge in [-0.1, -0.05) is 30.6 Å². The molecular formula is C30H37N6O8S2+. The molecule has 0 saturated carbocycles. The number of anilines is 1. The highest BCUT2D eigenvalue weighted by Gasteiger charge is 2.58. The molecular weight excluding hydrogens is 636 g/mol. The first-order valence-corrected chi connectivity index (χ1v) is 17.0. The van der Waals surface area contributed by atoms with Crippen LogP contribution in [0.15, 0.2) is 47.1 Å². The van der Waals surface area contributed by atoms with Crippen molar-refractivity contribution in [3.63, 3.8) is 0 Å². The molecule has 0 spiro atoms. The van der Waals surface area contributed by atoms with Crippen molar-refractivity contribution in [1.82, 2.24) is 15.4 Å². The number of nitrogens with zero attached hydrogens (tertiary/aromatic N) is 4.